The van der Waals surface area contributed by atoms with Crippen LogP contribution in [0.3, 0.4) is 0 Å². The van der Waals surface area contributed by atoms with Gasteiger partial charge < -0.3 is 4.74 Å². The Hall–Kier alpha value is -0.770. The Morgan fingerprint density at radius 3 is 1.89 bits per heavy atom. The third kappa shape index (κ3) is 8.34. The molecule has 4 nitrogen and oxygen atoms in total. The molecule has 0 aliphatic heterocycles. The van der Waals surface area contributed by atoms with Gasteiger partial charge in [0.2, 0.25) is 0 Å². The van der Waals surface area contributed by atoms with Crippen molar-refractivity contribution in [1.29, 1.82) is 0 Å². The predicted octanol–water partition coefficient (Wildman–Crippen LogP) is 4.47. The summed E-state index contributed by atoms with van der Waals surface area (Å²) in [7, 11) is 0. The highest BCUT2D eigenvalue weighted by atomic mass is 17.2. The summed E-state index contributed by atoms with van der Waals surface area (Å²) in [5, 5.41) is 0. The molecule has 0 aliphatic carbocycles. The number of rotatable bonds is 5. The van der Waals surface area contributed by atoms with E-state index < -0.39 is 17.4 Å². The second-order valence-corrected chi connectivity index (χ2v) is 7.09. The largest absolute Gasteiger partial charge is 0.541 e. The molecule has 0 aromatic carbocycles. The summed E-state index contributed by atoms with van der Waals surface area (Å²) in [4.78, 5) is 21.1. The van der Waals surface area contributed by atoms with Gasteiger partial charge in [0.1, 0.15) is 11.2 Å². The van der Waals surface area contributed by atoms with Gasteiger partial charge in [0.25, 0.3) is 0 Å². The minimum Gasteiger partial charge on any atom is -0.426 e. The van der Waals surface area contributed by atoms with Crippen LogP contribution in [-0.4, -0.2) is 17.4 Å². The fourth-order valence-electron chi connectivity index (χ4n) is 1.72. The first-order valence-electron chi connectivity index (χ1n) is 6.46. The molecule has 0 saturated carbocycles. The predicted molar refractivity (Wildman–Crippen MR) is 71.2 cm³/mol. The molecule has 0 atom stereocenters. The van der Waals surface area contributed by atoms with Crippen LogP contribution in [0.4, 0.5) is 4.79 Å². The van der Waals surface area contributed by atoms with Crippen molar-refractivity contribution in [3.8, 4) is 0 Å². The van der Waals surface area contributed by atoms with Crippen molar-refractivity contribution in [3.63, 3.8) is 0 Å². The summed E-state index contributed by atoms with van der Waals surface area (Å²) >= 11 is 0. The Kier molecular flexibility index (Phi) is 5.66. The number of ether oxygens (including phenoxy) is 1. The van der Waals surface area contributed by atoms with Gasteiger partial charge in [-0.2, -0.15) is 4.89 Å². The maximum absolute atomic E-state index is 11.5. The van der Waals surface area contributed by atoms with E-state index in [2.05, 4.69) is 25.7 Å². The fourth-order valence-corrected chi connectivity index (χ4v) is 1.72. The third-order valence-electron chi connectivity index (χ3n) is 2.58. The van der Waals surface area contributed by atoms with Crippen molar-refractivity contribution in [2.24, 2.45) is 5.41 Å². The van der Waals surface area contributed by atoms with E-state index in [9.17, 15) is 4.79 Å². The Morgan fingerprint density at radius 1 is 1.00 bits per heavy atom. The van der Waals surface area contributed by atoms with Crippen LogP contribution < -0.4 is 0 Å². The minimum atomic E-state index is -0.790. The maximum atomic E-state index is 11.5. The van der Waals surface area contributed by atoms with E-state index in [4.69, 9.17) is 9.62 Å². The van der Waals surface area contributed by atoms with Crippen LogP contribution in [0.1, 0.15) is 68.2 Å². The van der Waals surface area contributed by atoms with Crippen molar-refractivity contribution >= 4 is 6.16 Å². The second kappa shape index (κ2) is 5.91. The van der Waals surface area contributed by atoms with Crippen molar-refractivity contribution in [2.45, 2.75) is 79.4 Å². The standard InChI is InChI=1S/C14H28O4/c1-9-13(5,6)10-14(7,8)16-11(15)17-18-12(2,3)4/h9-10H2,1-8H3. The quantitative estimate of drug-likeness (QED) is 0.415. The molecule has 0 unspecified atom stereocenters. The van der Waals surface area contributed by atoms with Crippen LogP contribution in [0.5, 0.6) is 0 Å². The van der Waals surface area contributed by atoms with Crippen LogP contribution in [0, 0.1) is 5.41 Å². The molecule has 0 aliphatic rings. The molecule has 0 heterocycles. The van der Waals surface area contributed by atoms with Crippen LogP contribution in [0.15, 0.2) is 0 Å². The van der Waals surface area contributed by atoms with E-state index in [0.717, 1.165) is 12.8 Å². The summed E-state index contributed by atoms with van der Waals surface area (Å²) in [5.41, 5.74) is -0.988. The van der Waals surface area contributed by atoms with Gasteiger partial charge in [0.05, 0.1) is 0 Å². The summed E-state index contributed by atoms with van der Waals surface area (Å²) in [6, 6.07) is 0. The molecule has 4 heteroatoms. The van der Waals surface area contributed by atoms with E-state index in [1.165, 1.54) is 0 Å². The highest BCUT2D eigenvalue weighted by Crippen LogP contribution is 2.33. The third-order valence-corrected chi connectivity index (χ3v) is 2.58. The molecule has 108 valence electrons. The van der Waals surface area contributed by atoms with E-state index in [1.54, 1.807) is 20.8 Å². The molecule has 0 rings (SSSR count). The average Bonchev–Trinajstić information content (AvgIpc) is 2.11. The lowest BCUT2D eigenvalue weighted by atomic mass is 9.80. The van der Waals surface area contributed by atoms with Crippen LogP contribution >= 0.6 is 0 Å². The summed E-state index contributed by atoms with van der Waals surface area (Å²) < 4.78 is 5.28. The number of carbonyl (C=O) groups excluding carboxylic acids is 1. The molecule has 0 spiro atoms. The molecular formula is C14H28O4. The van der Waals surface area contributed by atoms with Gasteiger partial charge in [-0.25, -0.2) is 4.79 Å². The molecular weight excluding hydrogens is 232 g/mol. The lowest BCUT2D eigenvalue weighted by Gasteiger charge is -2.33. The van der Waals surface area contributed by atoms with Gasteiger partial charge in [0.15, 0.2) is 0 Å². The monoisotopic (exact) mass is 260 g/mol. The smallest absolute Gasteiger partial charge is 0.426 e. The summed E-state index contributed by atoms with van der Waals surface area (Å²) in [6.45, 7) is 15.6. The van der Waals surface area contributed by atoms with Gasteiger partial charge in [-0.1, -0.05) is 27.2 Å². The summed E-state index contributed by atoms with van der Waals surface area (Å²) in [6.07, 6.45) is 0.996. The lowest BCUT2D eigenvalue weighted by Crippen LogP contribution is -2.34. The van der Waals surface area contributed by atoms with Crippen molar-refractivity contribution in [2.75, 3.05) is 0 Å². The molecule has 18 heavy (non-hydrogen) atoms. The highest BCUT2D eigenvalue weighted by Gasteiger charge is 2.32. The van der Waals surface area contributed by atoms with E-state index >= 15 is 0 Å². The lowest BCUT2D eigenvalue weighted by molar-refractivity contribution is -0.316. The molecule has 0 radical (unpaired) electrons. The molecule has 0 amide bonds. The zero-order valence-electron chi connectivity index (χ0n) is 13.0. The molecule has 0 saturated heterocycles. The molecule has 0 bridgehead atoms. The molecule has 0 N–H and O–H groups in total. The minimum absolute atomic E-state index is 0.120. The number of hydrogen-bond acceptors (Lipinski definition) is 4. The number of hydrogen-bond donors (Lipinski definition) is 0. The SMILES string of the molecule is CCC(C)(C)CC(C)(C)OC(=O)OOC(C)(C)C. The van der Waals surface area contributed by atoms with E-state index in [-0.39, 0.29) is 5.41 Å². The van der Waals surface area contributed by atoms with Gasteiger partial charge in [-0.15, -0.1) is 0 Å². The zero-order valence-corrected chi connectivity index (χ0v) is 13.0. The normalized spacial score (nSPS) is 13.3. The maximum Gasteiger partial charge on any atom is 0.541 e. The Balaban J connectivity index is 4.28. The Bertz CT molecular complexity index is 274. The Labute approximate surface area is 111 Å². The van der Waals surface area contributed by atoms with Gasteiger partial charge in [-0.05, 0) is 46.5 Å². The van der Waals surface area contributed by atoms with Gasteiger partial charge in [0, 0.05) is 0 Å². The van der Waals surface area contributed by atoms with Crippen LogP contribution in [0.25, 0.3) is 0 Å². The van der Waals surface area contributed by atoms with Crippen molar-refractivity contribution < 1.29 is 19.3 Å². The van der Waals surface area contributed by atoms with Crippen LogP contribution in [0.2, 0.25) is 0 Å². The Morgan fingerprint density at radius 2 is 1.50 bits per heavy atom. The average molecular weight is 260 g/mol. The van der Waals surface area contributed by atoms with Crippen molar-refractivity contribution in [3.05, 3.63) is 0 Å². The summed E-state index contributed by atoms with van der Waals surface area (Å²) in [5.74, 6) is 0. The van der Waals surface area contributed by atoms with Crippen molar-refractivity contribution in [1.82, 2.24) is 0 Å². The first-order valence-corrected chi connectivity index (χ1v) is 6.46. The second-order valence-electron chi connectivity index (χ2n) is 7.09. The van der Waals surface area contributed by atoms with Gasteiger partial charge >= 0.3 is 6.16 Å². The first-order chi connectivity index (χ1) is 7.87. The topological polar surface area (TPSA) is 44.8 Å². The highest BCUT2D eigenvalue weighted by molar-refractivity contribution is 5.59. The fraction of sp³-hybridized carbons (Fsp3) is 0.929. The first kappa shape index (κ1) is 17.2. The van der Waals surface area contributed by atoms with E-state index in [0.29, 0.717) is 0 Å². The molecule has 0 aromatic rings. The number of carbonyl (C=O) groups is 1. The zero-order chi connectivity index (χ0) is 14.6. The van der Waals surface area contributed by atoms with Crippen LogP contribution in [-0.2, 0) is 14.5 Å². The molecule has 0 fully saturated rings. The molecule has 0 aromatic heterocycles. The van der Waals surface area contributed by atoms with Gasteiger partial charge in [-0.3, -0.25) is 4.89 Å². The van der Waals surface area contributed by atoms with E-state index in [1.807, 2.05) is 13.8 Å².